The molecule has 0 aliphatic rings. The van der Waals surface area contributed by atoms with E-state index in [2.05, 4.69) is 5.32 Å². The second-order valence-electron chi connectivity index (χ2n) is 4.64. The van der Waals surface area contributed by atoms with Gasteiger partial charge in [0, 0.05) is 17.1 Å². The van der Waals surface area contributed by atoms with Gasteiger partial charge in [0.1, 0.15) is 11.6 Å². The number of benzene rings is 2. The van der Waals surface area contributed by atoms with Gasteiger partial charge in [-0.15, -0.1) is 0 Å². The number of ether oxygens (including phenoxy) is 1. The van der Waals surface area contributed by atoms with E-state index in [-0.39, 0.29) is 11.8 Å². The van der Waals surface area contributed by atoms with Crippen molar-refractivity contribution in [3.63, 3.8) is 0 Å². The van der Waals surface area contributed by atoms with Gasteiger partial charge in [0.15, 0.2) is 11.6 Å². The molecule has 1 atom stereocenters. The van der Waals surface area contributed by atoms with Crippen molar-refractivity contribution in [2.24, 2.45) is 0 Å². The summed E-state index contributed by atoms with van der Waals surface area (Å²) < 4.78 is 32.0. The van der Waals surface area contributed by atoms with Crippen LogP contribution < -0.4 is 10.1 Å². The maximum absolute atomic E-state index is 13.5. The molecule has 0 fully saturated rings. The number of hydrogen-bond donors (Lipinski definition) is 1. The maximum atomic E-state index is 13.5. The van der Waals surface area contributed by atoms with E-state index >= 15 is 0 Å². The van der Waals surface area contributed by atoms with Crippen LogP contribution in [0.1, 0.15) is 25.5 Å². The minimum Gasteiger partial charge on any atom is -0.454 e. The molecule has 0 saturated carbocycles. The monoisotopic (exact) mass is 311 g/mol. The van der Waals surface area contributed by atoms with Crippen molar-refractivity contribution in [3.05, 3.63) is 58.6 Å². The zero-order valence-corrected chi connectivity index (χ0v) is 12.5. The van der Waals surface area contributed by atoms with Gasteiger partial charge in [0.2, 0.25) is 0 Å². The van der Waals surface area contributed by atoms with Crippen LogP contribution in [0.3, 0.4) is 0 Å². The van der Waals surface area contributed by atoms with E-state index in [4.69, 9.17) is 16.3 Å². The van der Waals surface area contributed by atoms with Crippen molar-refractivity contribution in [2.45, 2.75) is 19.9 Å². The molecule has 0 aromatic heterocycles. The Balaban J connectivity index is 2.22. The average Bonchev–Trinajstić information content (AvgIpc) is 2.43. The first-order chi connectivity index (χ1) is 10.0. The fraction of sp³-hybridized carbons (Fsp3) is 0.250. The van der Waals surface area contributed by atoms with Crippen molar-refractivity contribution in [3.8, 4) is 11.5 Å². The predicted molar refractivity (Wildman–Crippen MR) is 80.0 cm³/mol. The van der Waals surface area contributed by atoms with Crippen molar-refractivity contribution in [1.29, 1.82) is 0 Å². The molecule has 0 amide bonds. The van der Waals surface area contributed by atoms with Gasteiger partial charge in [-0.25, -0.2) is 8.78 Å². The number of hydrogen-bond acceptors (Lipinski definition) is 2. The first kappa shape index (κ1) is 15.7. The van der Waals surface area contributed by atoms with Gasteiger partial charge >= 0.3 is 0 Å². The van der Waals surface area contributed by atoms with Crippen LogP contribution in [0.5, 0.6) is 11.5 Å². The van der Waals surface area contributed by atoms with E-state index in [1.165, 1.54) is 0 Å². The van der Waals surface area contributed by atoms with Crippen LogP contribution in [0.25, 0.3) is 0 Å². The Labute approximate surface area is 127 Å². The van der Waals surface area contributed by atoms with Gasteiger partial charge in [-0.3, -0.25) is 0 Å². The lowest BCUT2D eigenvalue weighted by molar-refractivity contribution is 0.436. The summed E-state index contributed by atoms with van der Waals surface area (Å²) in [5.74, 6) is -0.997. The zero-order chi connectivity index (χ0) is 15.4. The lowest BCUT2D eigenvalue weighted by atomic mass is 10.1. The highest BCUT2D eigenvalue weighted by Gasteiger charge is 2.11. The fourth-order valence-corrected chi connectivity index (χ4v) is 2.36. The molecular formula is C16H16ClF2NO. The Bertz CT molecular complexity index is 634. The van der Waals surface area contributed by atoms with Crippen LogP contribution in [-0.4, -0.2) is 6.54 Å². The molecule has 2 aromatic carbocycles. The standard InChI is InChI=1S/C16H16ClF2NO/c1-3-20-10(2)13-6-5-12(9-14(13)17)21-16-8-11(18)4-7-15(16)19/h4-10,20H,3H2,1-2H3. The molecule has 2 rings (SSSR count). The van der Waals surface area contributed by atoms with Crippen molar-refractivity contribution in [1.82, 2.24) is 5.32 Å². The minimum absolute atomic E-state index is 0.0995. The largest absolute Gasteiger partial charge is 0.454 e. The molecule has 2 aromatic rings. The summed E-state index contributed by atoms with van der Waals surface area (Å²) in [5, 5.41) is 3.77. The molecule has 0 saturated heterocycles. The molecule has 21 heavy (non-hydrogen) atoms. The molecule has 0 aliphatic heterocycles. The molecule has 0 spiro atoms. The van der Waals surface area contributed by atoms with E-state index in [9.17, 15) is 8.78 Å². The van der Waals surface area contributed by atoms with E-state index in [0.717, 1.165) is 30.3 Å². The summed E-state index contributed by atoms with van der Waals surface area (Å²) in [4.78, 5) is 0. The second-order valence-corrected chi connectivity index (χ2v) is 5.05. The first-order valence-electron chi connectivity index (χ1n) is 6.67. The summed E-state index contributed by atoms with van der Waals surface area (Å²) in [6.45, 7) is 4.83. The Kier molecular flexibility index (Phi) is 5.15. The lowest BCUT2D eigenvalue weighted by Gasteiger charge is -2.15. The summed E-state index contributed by atoms with van der Waals surface area (Å²) >= 11 is 6.21. The Hall–Kier alpha value is -1.65. The number of rotatable bonds is 5. The third kappa shape index (κ3) is 3.93. The van der Waals surface area contributed by atoms with Crippen molar-refractivity contribution >= 4 is 11.6 Å². The molecule has 0 aliphatic carbocycles. The highest BCUT2D eigenvalue weighted by Crippen LogP contribution is 2.31. The molecule has 0 radical (unpaired) electrons. The third-order valence-electron chi connectivity index (χ3n) is 3.07. The fourth-order valence-electron chi connectivity index (χ4n) is 2.02. The molecule has 5 heteroatoms. The van der Waals surface area contributed by atoms with Gasteiger partial charge in [-0.2, -0.15) is 0 Å². The lowest BCUT2D eigenvalue weighted by Crippen LogP contribution is -2.17. The number of halogens is 3. The molecule has 112 valence electrons. The first-order valence-corrected chi connectivity index (χ1v) is 7.04. The third-order valence-corrected chi connectivity index (χ3v) is 3.40. The van der Waals surface area contributed by atoms with Crippen LogP contribution in [0.2, 0.25) is 5.02 Å². The highest BCUT2D eigenvalue weighted by atomic mass is 35.5. The molecule has 0 bridgehead atoms. The molecule has 1 unspecified atom stereocenters. The van der Waals surface area contributed by atoms with E-state index in [0.29, 0.717) is 10.8 Å². The Morgan fingerprint density at radius 2 is 1.95 bits per heavy atom. The number of nitrogens with one attached hydrogen (secondary N) is 1. The van der Waals surface area contributed by atoms with Gasteiger partial charge in [0.25, 0.3) is 0 Å². The van der Waals surface area contributed by atoms with Crippen LogP contribution in [0.15, 0.2) is 36.4 Å². The predicted octanol–water partition coefficient (Wildman–Crippen LogP) is 5.08. The van der Waals surface area contributed by atoms with Gasteiger partial charge < -0.3 is 10.1 Å². The Morgan fingerprint density at radius 3 is 2.62 bits per heavy atom. The minimum atomic E-state index is -0.627. The van der Waals surface area contributed by atoms with Crippen LogP contribution in [0, 0.1) is 11.6 Å². The van der Waals surface area contributed by atoms with E-state index in [1.54, 1.807) is 12.1 Å². The normalized spacial score (nSPS) is 12.2. The molecule has 1 N–H and O–H groups in total. The van der Waals surface area contributed by atoms with E-state index < -0.39 is 11.6 Å². The summed E-state index contributed by atoms with van der Waals surface area (Å²) in [7, 11) is 0. The summed E-state index contributed by atoms with van der Waals surface area (Å²) in [6.07, 6.45) is 0. The van der Waals surface area contributed by atoms with Gasteiger partial charge in [-0.05, 0) is 43.3 Å². The molecule has 2 nitrogen and oxygen atoms in total. The van der Waals surface area contributed by atoms with Gasteiger partial charge in [-0.1, -0.05) is 24.6 Å². The van der Waals surface area contributed by atoms with Crippen LogP contribution in [-0.2, 0) is 0 Å². The average molecular weight is 312 g/mol. The smallest absolute Gasteiger partial charge is 0.165 e. The second kappa shape index (κ2) is 6.87. The van der Waals surface area contributed by atoms with E-state index in [1.807, 2.05) is 19.9 Å². The van der Waals surface area contributed by atoms with Crippen LogP contribution >= 0.6 is 11.6 Å². The Morgan fingerprint density at radius 1 is 1.19 bits per heavy atom. The highest BCUT2D eigenvalue weighted by molar-refractivity contribution is 6.31. The van der Waals surface area contributed by atoms with Crippen molar-refractivity contribution < 1.29 is 13.5 Å². The quantitative estimate of drug-likeness (QED) is 0.831. The topological polar surface area (TPSA) is 21.3 Å². The zero-order valence-electron chi connectivity index (χ0n) is 11.8. The summed E-state index contributed by atoms with van der Waals surface area (Å²) in [6, 6.07) is 8.24. The maximum Gasteiger partial charge on any atom is 0.165 e. The molecule has 0 heterocycles. The molecular weight excluding hydrogens is 296 g/mol. The van der Waals surface area contributed by atoms with Gasteiger partial charge in [0.05, 0.1) is 0 Å². The van der Waals surface area contributed by atoms with Crippen molar-refractivity contribution in [2.75, 3.05) is 6.54 Å². The SMILES string of the molecule is CCNC(C)c1ccc(Oc2cc(F)ccc2F)cc1Cl. The summed E-state index contributed by atoms with van der Waals surface area (Å²) in [5.41, 5.74) is 0.922. The van der Waals surface area contributed by atoms with Crippen LogP contribution in [0.4, 0.5) is 8.78 Å².